The van der Waals surface area contributed by atoms with Crippen LogP contribution in [0.15, 0.2) is 53.0 Å². The van der Waals surface area contributed by atoms with Gasteiger partial charge in [-0.25, -0.2) is 0 Å². The molecule has 0 bridgehead atoms. The zero-order valence-corrected chi connectivity index (χ0v) is 14.8. The van der Waals surface area contributed by atoms with Crippen LogP contribution in [0.4, 0.5) is 5.69 Å². The molecule has 2 atom stereocenters. The number of aliphatic hydroxyl groups excluding tert-OH is 1. The van der Waals surface area contributed by atoms with E-state index >= 15 is 0 Å². The minimum Gasteiger partial charge on any atom is -0.473 e. The van der Waals surface area contributed by atoms with Gasteiger partial charge in [-0.2, -0.15) is 0 Å². The molecule has 0 aliphatic carbocycles. The van der Waals surface area contributed by atoms with Crippen LogP contribution in [-0.4, -0.2) is 24.0 Å². The summed E-state index contributed by atoms with van der Waals surface area (Å²) < 4.78 is 6.57. The van der Waals surface area contributed by atoms with Gasteiger partial charge >= 0.3 is 0 Å². The van der Waals surface area contributed by atoms with Crippen LogP contribution in [0.3, 0.4) is 0 Å². The van der Waals surface area contributed by atoms with Gasteiger partial charge in [0.2, 0.25) is 0 Å². The third kappa shape index (κ3) is 5.86. The number of hydrogen-bond acceptors (Lipinski definition) is 4. The number of hydrogen-bond donors (Lipinski definition) is 3. The van der Waals surface area contributed by atoms with Crippen molar-refractivity contribution >= 4 is 21.6 Å². The first-order chi connectivity index (χ1) is 11.1. The molecule has 0 aliphatic rings. The number of rotatable bonds is 8. The normalized spacial score (nSPS) is 13.4. The second-order valence-electron chi connectivity index (χ2n) is 5.52. The number of nitrogens with two attached hydrogens (primary N) is 1. The fraction of sp³-hybridized carbons (Fsp3) is 0.333. The Labute approximate surface area is 145 Å². The van der Waals surface area contributed by atoms with Gasteiger partial charge in [-0.3, -0.25) is 5.73 Å². The van der Waals surface area contributed by atoms with Gasteiger partial charge in [0.05, 0.1) is 0 Å². The molecule has 0 aliphatic heterocycles. The predicted molar refractivity (Wildman–Crippen MR) is 97.7 cm³/mol. The molecule has 4 nitrogen and oxygen atoms in total. The fourth-order valence-corrected chi connectivity index (χ4v) is 2.83. The Morgan fingerprint density at radius 1 is 1.22 bits per heavy atom. The number of benzene rings is 2. The third-order valence-corrected chi connectivity index (χ3v) is 4.17. The highest BCUT2D eigenvalue weighted by Crippen LogP contribution is 2.23. The smallest absolute Gasteiger partial charge is 0.173 e. The SMILES string of the molecule is Cc1ccc(NCCCC(O)C(N)Oc2ccccc2)c(Br)c1. The van der Waals surface area contributed by atoms with Gasteiger partial charge in [0.15, 0.2) is 6.23 Å². The van der Waals surface area contributed by atoms with Crippen LogP contribution in [0.25, 0.3) is 0 Å². The van der Waals surface area contributed by atoms with E-state index in [2.05, 4.69) is 40.3 Å². The van der Waals surface area contributed by atoms with Crippen molar-refractivity contribution in [3.05, 3.63) is 58.6 Å². The summed E-state index contributed by atoms with van der Waals surface area (Å²) in [7, 11) is 0. The van der Waals surface area contributed by atoms with Gasteiger partial charge in [-0.05, 0) is 65.5 Å². The maximum atomic E-state index is 10.1. The molecule has 0 aromatic heterocycles. The summed E-state index contributed by atoms with van der Waals surface area (Å²) in [5.74, 6) is 0.667. The molecular formula is C18H23BrN2O2. The monoisotopic (exact) mass is 378 g/mol. The van der Waals surface area contributed by atoms with E-state index in [0.717, 1.165) is 23.1 Å². The van der Waals surface area contributed by atoms with E-state index in [1.165, 1.54) is 5.56 Å². The number of halogens is 1. The molecule has 0 heterocycles. The number of aliphatic hydroxyl groups is 1. The first-order valence-corrected chi connectivity index (χ1v) is 8.51. The largest absolute Gasteiger partial charge is 0.473 e. The van der Waals surface area contributed by atoms with Crippen molar-refractivity contribution in [2.24, 2.45) is 5.73 Å². The summed E-state index contributed by atoms with van der Waals surface area (Å²) in [4.78, 5) is 0. The molecule has 2 rings (SSSR count). The van der Waals surface area contributed by atoms with Gasteiger partial charge in [-0.1, -0.05) is 24.3 Å². The second kappa shape index (κ2) is 8.91. The van der Waals surface area contributed by atoms with Crippen molar-refractivity contribution in [1.82, 2.24) is 0 Å². The molecule has 0 saturated heterocycles. The predicted octanol–water partition coefficient (Wildman–Crippen LogP) is 3.67. The average Bonchev–Trinajstić information content (AvgIpc) is 2.54. The van der Waals surface area contributed by atoms with E-state index in [1.807, 2.05) is 36.4 Å². The molecule has 5 heteroatoms. The summed E-state index contributed by atoms with van der Waals surface area (Å²) in [6.07, 6.45) is -0.0420. The van der Waals surface area contributed by atoms with Gasteiger partial charge in [-0.15, -0.1) is 0 Å². The Morgan fingerprint density at radius 2 is 1.96 bits per heavy atom. The van der Waals surface area contributed by atoms with Gasteiger partial charge in [0.1, 0.15) is 11.9 Å². The zero-order chi connectivity index (χ0) is 16.7. The van der Waals surface area contributed by atoms with E-state index in [0.29, 0.717) is 12.2 Å². The van der Waals surface area contributed by atoms with Crippen molar-refractivity contribution in [2.45, 2.75) is 32.1 Å². The van der Waals surface area contributed by atoms with Crippen molar-refractivity contribution in [3.8, 4) is 5.75 Å². The Morgan fingerprint density at radius 3 is 2.65 bits per heavy atom. The van der Waals surface area contributed by atoms with Gasteiger partial charge < -0.3 is 15.2 Å². The Balaban J connectivity index is 1.71. The summed E-state index contributed by atoms with van der Waals surface area (Å²) in [5.41, 5.74) is 8.14. The zero-order valence-electron chi connectivity index (χ0n) is 13.2. The van der Waals surface area contributed by atoms with Crippen LogP contribution in [0.5, 0.6) is 5.75 Å². The van der Waals surface area contributed by atoms with Crippen LogP contribution in [0.1, 0.15) is 18.4 Å². The molecule has 2 unspecified atom stereocenters. The topological polar surface area (TPSA) is 67.5 Å². The van der Waals surface area contributed by atoms with Crippen molar-refractivity contribution in [1.29, 1.82) is 0 Å². The van der Waals surface area contributed by atoms with E-state index in [1.54, 1.807) is 0 Å². The van der Waals surface area contributed by atoms with Gasteiger partial charge in [0, 0.05) is 16.7 Å². The highest BCUT2D eigenvalue weighted by Gasteiger charge is 2.15. The molecule has 0 amide bonds. The molecule has 2 aromatic carbocycles. The summed E-state index contributed by atoms with van der Waals surface area (Å²) in [5, 5.41) is 13.4. The standard InChI is InChI=1S/C18H23BrN2O2/c1-13-9-10-16(15(19)12-13)21-11-5-8-17(22)18(20)23-14-6-3-2-4-7-14/h2-4,6-7,9-10,12,17-18,21-22H,5,8,11,20H2,1H3. The number of para-hydroxylation sites is 1. The third-order valence-electron chi connectivity index (χ3n) is 3.51. The minimum atomic E-state index is -0.719. The van der Waals surface area contributed by atoms with Crippen LogP contribution in [0, 0.1) is 6.92 Å². The summed E-state index contributed by atoms with van der Waals surface area (Å²) in [6.45, 7) is 2.82. The maximum absolute atomic E-state index is 10.1. The molecule has 0 spiro atoms. The molecule has 0 saturated carbocycles. The molecule has 4 N–H and O–H groups in total. The number of nitrogens with one attached hydrogen (secondary N) is 1. The van der Waals surface area contributed by atoms with E-state index in [4.69, 9.17) is 10.5 Å². The fourth-order valence-electron chi connectivity index (χ4n) is 2.20. The van der Waals surface area contributed by atoms with Crippen molar-refractivity contribution in [3.63, 3.8) is 0 Å². The number of ether oxygens (including phenoxy) is 1. The lowest BCUT2D eigenvalue weighted by atomic mass is 10.1. The lowest BCUT2D eigenvalue weighted by molar-refractivity contribution is 0.0340. The van der Waals surface area contributed by atoms with Crippen LogP contribution in [-0.2, 0) is 0 Å². The van der Waals surface area contributed by atoms with Crippen LogP contribution < -0.4 is 15.8 Å². The van der Waals surface area contributed by atoms with Crippen LogP contribution in [0.2, 0.25) is 0 Å². The second-order valence-corrected chi connectivity index (χ2v) is 6.37. The lowest BCUT2D eigenvalue weighted by Crippen LogP contribution is -2.40. The van der Waals surface area contributed by atoms with E-state index < -0.39 is 12.3 Å². The summed E-state index contributed by atoms with van der Waals surface area (Å²) >= 11 is 3.54. The first kappa shape index (κ1) is 17.8. The first-order valence-electron chi connectivity index (χ1n) is 7.71. The molecular weight excluding hydrogens is 356 g/mol. The number of anilines is 1. The molecule has 2 aromatic rings. The van der Waals surface area contributed by atoms with Gasteiger partial charge in [0.25, 0.3) is 0 Å². The molecule has 124 valence electrons. The average molecular weight is 379 g/mol. The van der Waals surface area contributed by atoms with Crippen LogP contribution >= 0.6 is 15.9 Å². The quantitative estimate of drug-likeness (QED) is 0.484. The van der Waals surface area contributed by atoms with E-state index in [-0.39, 0.29) is 0 Å². The van der Waals surface area contributed by atoms with Crippen molar-refractivity contribution in [2.75, 3.05) is 11.9 Å². The molecule has 0 fully saturated rings. The highest BCUT2D eigenvalue weighted by atomic mass is 79.9. The summed E-state index contributed by atoms with van der Waals surface area (Å²) in [6, 6.07) is 15.5. The lowest BCUT2D eigenvalue weighted by Gasteiger charge is -2.20. The Bertz CT molecular complexity index is 607. The molecule has 0 radical (unpaired) electrons. The highest BCUT2D eigenvalue weighted by molar-refractivity contribution is 9.10. The number of aryl methyl sites for hydroxylation is 1. The Kier molecular flexibility index (Phi) is 6.89. The molecule has 23 heavy (non-hydrogen) atoms. The maximum Gasteiger partial charge on any atom is 0.173 e. The van der Waals surface area contributed by atoms with E-state index in [9.17, 15) is 5.11 Å². The Hall–Kier alpha value is -1.56. The van der Waals surface area contributed by atoms with Crippen molar-refractivity contribution < 1.29 is 9.84 Å². The minimum absolute atomic E-state index is 0.574.